The molecule has 0 saturated heterocycles. The van der Waals surface area contributed by atoms with Crippen molar-refractivity contribution in [3.8, 4) is 0 Å². The van der Waals surface area contributed by atoms with Gasteiger partial charge in [-0.15, -0.1) is 0 Å². The minimum Gasteiger partial charge on any atom is -0.355 e. The van der Waals surface area contributed by atoms with Gasteiger partial charge in [0, 0.05) is 51.8 Å². The molecular weight excluding hydrogens is 438 g/mol. The van der Waals surface area contributed by atoms with E-state index in [4.69, 9.17) is 0 Å². The summed E-state index contributed by atoms with van der Waals surface area (Å²) in [5.41, 5.74) is 3.09. The van der Waals surface area contributed by atoms with E-state index in [0.717, 1.165) is 23.1 Å². The number of anilines is 1. The number of thioether (sulfide) groups is 1. The van der Waals surface area contributed by atoms with Crippen LogP contribution in [0.25, 0.3) is 6.08 Å². The zero-order valence-electron chi connectivity index (χ0n) is 18.2. The first-order valence-corrected chi connectivity index (χ1v) is 11.2. The molecule has 0 aliphatic carbocycles. The topological polar surface area (TPSA) is 113 Å². The van der Waals surface area contributed by atoms with Crippen LogP contribution in [0.15, 0.2) is 66.0 Å². The van der Waals surface area contributed by atoms with E-state index in [0.29, 0.717) is 43.4 Å². The lowest BCUT2D eigenvalue weighted by atomic mass is 10.3. The number of aromatic nitrogens is 4. The molecule has 0 spiro atoms. The van der Waals surface area contributed by atoms with Crippen molar-refractivity contribution in [2.24, 2.45) is 0 Å². The van der Waals surface area contributed by atoms with E-state index < -0.39 is 0 Å². The fourth-order valence-electron chi connectivity index (χ4n) is 2.98. The van der Waals surface area contributed by atoms with Gasteiger partial charge in [0.15, 0.2) is 5.62 Å². The van der Waals surface area contributed by atoms with Gasteiger partial charge in [0.05, 0.1) is 22.0 Å². The molecule has 3 rings (SSSR count). The van der Waals surface area contributed by atoms with Gasteiger partial charge in [-0.05, 0) is 48.2 Å². The molecule has 1 amide bonds. The van der Waals surface area contributed by atoms with Crippen molar-refractivity contribution in [1.82, 2.24) is 30.2 Å². The van der Waals surface area contributed by atoms with Crippen molar-refractivity contribution in [3.05, 3.63) is 83.0 Å². The average molecular weight is 464 g/mol. The maximum Gasteiger partial charge on any atom is 0.257 e. The average Bonchev–Trinajstić information content (AvgIpc) is 2.85. The van der Waals surface area contributed by atoms with Crippen LogP contribution >= 0.6 is 11.8 Å². The van der Waals surface area contributed by atoms with E-state index in [1.165, 1.54) is 7.05 Å². The Balaban J connectivity index is 1.64. The fourth-order valence-corrected chi connectivity index (χ4v) is 3.48. The molecular formula is C23H25N7O2S. The minimum absolute atomic E-state index is 0.258. The minimum atomic E-state index is -0.347. The first kappa shape index (κ1) is 24.0. The lowest BCUT2D eigenvalue weighted by Gasteiger charge is -2.21. The molecule has 0 aromatic carbocycles. The molecule has 0 unspecified atom stereocenters. The van der Waals surface area contributed by atoms with E-state index in [1.807, 2.05) is 36.4 Å². The van der Waals surface area contributed by atoms with Crippen molar-refractivity contribution in [2.75, 3.05) is 25.5 Å². The SMILES string of the molecule is CNC(=O)/C(=C/c1ccnc(NCCN(Cc2ccccn2)Cc2ccccn2)n1)SC=O. The summed E-state index contributed by atoms with van der Waals surface area (Å²) in [4.78, 5) is 42.8. The van der Waals surface area contributed by atoms with Crippen LogP contribution in [-0.2, 0) is 22.7 Å². The molecule has 0 aliphatic rings. The van der Waals surface area contributed by atoms with Crippen LogP contribution in [0.5, 0.6) is 0 Å². The first-order chi connectivity index (χ1) is 16.2. The normalized spacial score (nSPS) is 11.3. The Morgan fingerprint density at radius 2 is 1.70 bits per heavy atom. The molecule has 2 N–H and O–H groups in total. The Bertz CT molecular complexity index is 1020. The third-order valence-corrected chi connectivity index (χ3v) is 5.17. The second-order valence-electron chi connectivity index (χ2n) is 6.89. The summed E-state index contributed by atoms with van der Waals surface area (Å²) in [5.74, 6) is 0.0895. The number of carbonyl (C=O) groups is 2. The third-order valence-electron chi connectivity index (χ3n) is 4.52. The number of carbonyl (C=O) groups excluding carboxylic acids is 2. The number of likely N-dealkylation sites (N-methyl/N-ethyl adjacent to an activating group) is 1. The highest BCUT2D eigenvalue weighted by Gasteiger charge is 2.11. The van der Waals surface area contributed by atoms with Crippen molar-refractivity contribution in [1.29, 1.82) is 0 Å². The van der Waals surface area contributed by atoms with Gasteiger partial charge in [0.2, 0.25) is 5.95 Å². The Morgan fingerprint density at radius 1 is 1.00 bits per heavy atom. The summed E-state index contributed by atoms with van der Waals surface area (Å²) in [5, 5.41) is 5.73. The van der Waals surface area contributed by atoms with Gasteiger partial charge in [-0.2, -0.15) is 0 Å². The Morgan fingerprint density at radius 3 is 2.27 bits per heavy atom. The fraction of sp³-hybridized carbons (Fsp3) is 0.217. The predicted octanol–water partition coefficient (Wildman–Crippen LogP) is 2.39. The molecule has 10 heteroatoms. The lowest BCUT2D eigenvalue weighted by Crippen LogP contribution is -2.29. The van der Waals surface area contributed by atoms with Crippen LogP contribution in [0.3, 0.4) is 0 Å². The van der Waals surface area contributed by atoms with Crippen LogP contribution in [0.2, 0.25) is 0 Å². The van der Waals surface area contributed by atoms with Gasteiger partial charge in [-0.3, -0.25) is 24.5 Å². The quantitative estimate of drug-likeness (QED) is 0.309. The number of amides is 1. The lowest BCUT2D eigenvalue weighted by molar-refractivity contribution is -0.116. The van der Waals surface area contributed by atoms with E-state index in [9.17, 15) is 9.59 Å². The van der Waals surface area contributed by atoms with Crippen molar-refractivity contribution in [2.45, 2.75) is 13.1 Å². The molecule has 0 fully saturated rings. The van der Waals surface area contributed by atoms with Crippen molar-refractivity contribution >= 4 is 35.3 Å². The van der Waals surface area contributed by atoms with Crippen LogP contribution in [0.4, 0.5) is 5.95 Å². The third kappa shape index (κ3) is 8.09. The summed E-state index contributed by atoms with van der Waals surface area (Å²) in [7, 11) is 1.51. The number of nitrogens with zero attached hydrogens (tertiary/aromatic N) is 5. The zero-order chi connectivity index (χ0) is 23.3. The van der Waals surface area contributed by atoms with Gasteiger partial charge in [0.1, 0.15) is 0 Å². The highest BCUT2D eigenvalue weighted by Crippen LogP contribution is 2.16. The van der Waals surface area contributed by atoms with Crippen molar-refractivity contribution in [3.63, 3.8) is 0 Å². The van der Waals surface area contributed by atoms with Gasteiger partial charge < -0.3 is 10.6 Å². The van der Waals surface area contributed by atoms with Crippen LogP contribution in [-0.4, -0.2) is 56.5 Å². The molecule has 0 aliphatic heterocycles. The molecule has 0 radical (unpaired) electrons. The molecule has 0 saturated carbocycles. The monoisotopic (exact) mass is 463 g/mol. The number of hydrogen-bond donors (Lipinski definition) is 2. The van der Waals surface area contributed by atoms with Gasteiger partial charge >= 0.3 is 0 Å². The Hall–Kier alpha value is -3.63. The molecule has 0 atom stereocenters. The second kappa shape index (κ2) is 13.0. The summed E-state index contributed by atoms with van der Waals surface area (Å²) < 4.78 is 0. The summed E-state index contributed by atoms with van der Waals surface area (Å²) >= 11 is 0.802. The molecule has 3 aromatic heterocycles. The number of pyridine rings is 2. The first-order valence-electron chi connectivity index (χ1n) is 10.3. The van der Waals surface area contributed by atoms with E-state index in [-0.39, 0.29) is 10.8 Å². The maximum absolute atomic E-state index is 11.9. The van der Waals surface area contributed by atoms with Crippen LogP contribution < -0.4 is 10.6 Å². The Kier molecular flexibility index (Phi) is 9.49. The van der Waals surface area contributed by atoms with E-state index in [1.54, 1.807) is 30.7 Å². The second-order valence-corrected chi connectivity index (χ2v) is 7.75. The number of nitrogens with one attached hydrogen (secondary N) is 2. The van der Waals surface area contributed by atoms with Gasteiger partial charge in [-0.25, -0.2) is 9.97 Å². The summed E-state index contributed by atoms with van der Waals surface area (Å²) in [6, 6.07) is 13.4. The molecule has 3 aromatic rings. The number of hydrogen-bond acceptors (Lipinski definition) is 9. The standard InChI is InChI=1S/C23H25N7O2S/c1-24-22(32)21(33-17-31)14-18-8-11-27-23(29-18)28-12-13-30(15-19-6-2-4-9-25-19)16-20-7-3-5-10-26-20/h2-11,14,17H,12-13,15-16H2,1H3,(H,24,32)(H,27,28,29)/b21-14-. The molecule has 0 bridgehead atoms. The van der Waals surface area contributed by atoms with Crippen LogP contribution in [0, 0.1) is 0 Å². The Labute approximate surface area is 196 Å². The highest BCUT2D eigenvalue weighted by atomic mass is 32.2. The summed E-state index contributed by atoms with van der Waals surface area (Å²) in [6.07, 6.45) is 6.73. The summed E-state index contributed by atoms with van der Waals surface area (Å²) in [6.45, 7) is 2.67. The predicted molar refractivity (Wildman–Crippen MR) is 129 cm³/mol. The highest BCUT2D eigenvalue weighted by molar-refractivity contribution is 8.16. The van der Waals surface area contributed by atoms with Gasteiger partial charge in [0.25, 0.3) is 5.91 Å². The zero-order valence-corrected chi connectivity index (χ0v) is 19.0. The van der Waals surface area contributed by atoms with Gasteiger partial charge in [-0.1, -0.05) is 12.1 Å². The molecule has 3 heterocycles. The molecule has 33 heavy (non-hydrogen) atoms. The largest absolute Gasteiger partial charge is 0.355 e. The maximum atomic E-state index is 11.9. The van der Waals surface area contributed by atoms with Crippen LogP contribution in [0.1, 0.15) is 17.1 Å². The van der Waals surface area contributed by atoms with E-state index in [2.05, 4.69) is 35.5 Å². The molecule has 170 valence electrons. The number of rotatable bonds is 12. The van der Waals surface area contributed by atoms with E-state index >= 15 is 0 Å². The smallest absolute Gasteiger partial charge is 0.257 e. The molecule has 9 nitrogen and oxygen atoms in total. The van der Waals surface area contributed by atoms with Crippen molar-refractivity contribution < 1.29 is 9.59 Å².